The van der Waals surface area contributed by atoms with Crippen LogP contribution in [0.2, 0.25) is 0 Å². The van der Waals surface area contributed by atoms with Crippen molar-refractivity contribution in [1.29, 1.82) is 0 Å². The molecule has 2 N–H and O–H groups in total. The molecular weight excluding hydrogens is 354 g/mol. The number of anilines is 2. The first-order valence-corrected chi connectivity index (χ1v) is 8.59. The average molecular weight is 372 g/mol. The fraction of sp³-hybridized carbons (Fsp3) is 0.278. The third-order valence-electron chi connectivity index (χ3n) is 4.41. The lowest BCUT2D eigenvalue weighted by atomic mass is 10.2. The molecule has 140 valence electrons. The Kier molecular flexibility index (Phi) is 4.44. The molecule has 0 aromatic carbocycles. The van der Waals surface area contributed by atoms with Gasteiger partial charge in [-0.3, -0.25) is 4.79 Å². The van der Waals surface area contributed by atoms with Gasteiger partial charge in [-0.1, -0.05) is 0 Å². The monoisotopic (exact) mass is 372 g/mol. The summed E-state index contributed by atoms with van der Waals surface area (Å²) in [7, 11) is 0. The van der Waals surface area contributed by atoms with E-state index in [2.05, 4.69) is 20.6 Å². The van der Waals surface area contributed by atoms with Gasteiger partial charge >= 0.3 is 0 Å². The molecule has 0 bridgehead atoms. The molecule has 4 rings (SSSR count). The third kappa shape index (κ3) is 3.45. The summed E-state index contributed by atoms with van der Waals surface area (Å²) in [6, 6.07) is 2.41. The number of nitrogens with one attached hydrogen (secondary N) is 2. The Hall–Kier alpha value is -3.07. The maximum atomic E-state index is 14.5. The van der Waals surface area contributed by atoms with Crippen molar-refractivity contribution < 1.29 is 13.6 Å². The van der Waals surface area contributed by atoms with E-state index in [1.54, 1.807) is 13.1 Å². The minimum atomic E-state index is -0.692. The Labute approximate surface area is 154 Å². The van der Waals surface area contributed by atoms with Crippen LogP contribution >= 0.6 is 0 Å². The van der Waals surface area contributed by atoms with E-state index in [4.69, 9.17) is 0 Å². The zero-order valence-electron chi connectivity index (χ0n) is 14.7. The van der Waals surface area contributed by atoms with Crippen molar-refractivity contribution in [1.82, 2.24) is 19.7 Å². The number of piperazine rings is 1. The second kappa shape index (κ2) is 6.92. The molecule has 9 heteroatoms. The Morgan fingerprint density at radius 3 is 2.70 bits per heavy atom. The van der Waals surface area contributed by atoms with Crippen LogP contribution in [0, 0.1) is 18.6 Å². The fourth-order valence-corrected chi connectivity index (χ4v) is 3.10. The van der Waals surface area contributed by atoms with Gasteiger partial charge in [-0.25, -0.2) is 18.7 Å². The highest BCUT2D eigenvalue weighted by atomic mass is 19.1. The van der Waals surface area contributed by atoms with E-state index in [-0.39, 0.29) is 16.9 Å². The standard InChI is InChI=1S/C18H18F2N6O/c1-11-9-26-10-12(6-15(20)17(26)23-11)24-18(27)13-8-22-16(7-14(13)19)25-4-2-21-3-5-25/h6-10,21H,2-5H2,1H3,(H,24,27). The van der Waals surface area contributed by atoms with E-state index in [0.29, 0.717) is 11.5 Å². The lowest BCUT2D eigenvalue weighted by Gasteiger charge is -2.28. The average Bonchev–Trinajstić information content (AvgIpc) is 3.03. The summed E-state index contributed by atoms with van der Waals surface area (Å²) in [6.45, 7) is 4.79. The maximum absolute atomic E-state index is 14.5. The maximum Gasteiger partial charge on any atom is 0.260 e. The van der Waals surface area contributed by atoms with E-state index in [1.807, 2.05) is 4.90 Å². The number of fused-ring (bicyclic) bond motifs is 1. The number of aryl methyl sites for hydroxylation is 1. The summed E-state index contributed by atoms with van der Waals surface area (Å²) >= 11 is 0. The van der Waals surface area contributed by atoms with Gasteiger partial charge in [0, 0.05) is 56.9 Å². The van der Waals surface area contributed by atoms with Crippen LogP contribution in [-0.4, -0.2) is 46.5 Å². The topological polar surface area (TPSA) is 74.6 Å². The molecule has 0 saturated carbocycles. The van der Waals surface area contributed by atoms with E-state index in [1.165, 1.54) is 22.9 Å². The summed E-state index contributed by atoms with van der Waals surface area (Å²) in [5.41, 5.74) is 0.819. The first kappa shape index (κ1) is 17.3. The summed E-state index contributed by atoms with van der Waals surface area (Å²) < 4.78 is 30.1. The minimum Gasteiger partial charge on any atom is -0.354 e. The number of nitrogens with zero attached hydrogens (tertiary/aromatic N) is 4. The van der Waals surface area contributed by atoms with Crippen LogP contribution in [0.5, 0.6) is 0 Å². The normalized spacial score (nSPS) is 14.6. The van der Waals surface area contributed by atoms with Crippen molar-refractivity contribution in [3.63, 3.8) is 0 Å². The molecule has 3 aromatic heterocycles. The molecule has 0 aliphatic carbocycles. The molecule has 0 unspecified atom stereocenters. The Balaban J connectivity index is 1.56. The van der Waals surface area contributed by atoms with Crippen molar-refractivity contribution in [2.75, 3.05) is 36.4 Å². The fourth-order valence-electron chi connectivity index (χ4n) is 3.10. The van der Waals surface area contributed by atoms with Crippen molar-refractivity contribution in [2.45, 2.75) is 6.92 Å². The predicted molar refractivity (Wildman–Crippen MR) is 97.1 cm³/mol. The minimum absolute atomic E-state index is 0.165. The van der Waals surface area contributed by atoms with Crippen LogP contribution < -0.4 is 15.5 Å². The number of halogens is 2. The zero-order chi connectivity index (χ0) is 19.0. The molecular formula is C18H18F2N6O. The molecule has 4 heterocycles. The second-order valence-corrected chi connectivity index (χ2v) is 6.40. The predicted octanol–water partition coefficient (Wildman–Crippen LogP) is 1.98. The number of hydrogen-bond acceptors (Lipinski definition) is 5. The van der Waals surface area contributed by atoms with Crippen LogP contribution in [0.1, 0.15) is 16.1 Å². The smallest absolute Gasteiger partial charge is 0.260 e. The molecule has 1 aliphatic heterocycles. The molecule has 7 nitrogen and oxygen atoms in total. The molecule has 0 radical (unpaired) electrons. The molecule has 3 aromatic rings. The quantitative estimate of drug-likeness (QED) is 0.735. The van der Waals surface area contributed by atoms with E-state index in [0.717, 1.165) is 32.2 Å². The first-order chi connectivity index (χ1) is 13.0. The number of carbonyl (C=O) groups is 1. The van der Waals surface area contributed by atoms with Crippen LogP contribution in [-0.2, 0) is 0 Å². The van der Waals surface area contributed by atoms with E-state index < -0.39 is 17.5 Å². The van der Waals surface area contributed by atoms with E-state index >= 15 is 0 Å². The molecule has 1 fully saturated rings. The Bertz CT molecular complexity index is 1010. The summed E-state index contributed by atoms with van der Waals surface area (Å²) in [5.74, 6) is -1.45. The number of pyridine rings is 2. The highest BCUT2D eigenvalue weighted by Crippen LogP contribution is 2.19. The van der Waals surface area contributed by atoms with Gasteiger partial charge in [-0.15, -0.1) is 0 Å². The van der Waals surface area contributed by atoms with Gasteiger partial charge in [0.25, 0.3) is 5.91 Å². The molecule has 1 saturated heterocycles. The Morgan fingerprint density at radius 2 is 1.96 bits per heavy atom. The summed E-state index contributed by atoms with van der Waals surface area (Å²) in [5, 5.41) is 5.72. The SMILES string of the molecule is Cc1cn2cc(NC(=O)c3cnc(N4CCNCC4)cc3F)cc(F)c2n1. The van der Waals surface area contributed by atoms with Crippen molar-refractivity contribution in [3.8, 4) is 0 Å². The second-order valence-electron chi connectivity index (χ2n) is 6.40. The lowest BCUT2D eigenvalue weighted by Crippen LogP contribution is -2.44. The van der Waals surface area contributed by atoms with Crippen LogP contribution in [0.3, 0.4) is 0 Å². The van der Waals surface area contributed by atoms with Gasteiger partial charge < -0.3 is 19.9 Å². The number of aromatic nitrogens is 3. The number of imidazole rings is 1. The number of amides is 1. The van der Waals surface area contributed by atoms with Gasteiger partial charge in [0.15, 0.2) is 11.5 Å². The molecule has 27 heavy (non-hydrogen) atoms. The Morgan fingerprint density at radius 1 is 1.19 bits per heavy atom. The molecule has 0 atom stereocenters. The van der Waals surface area contributed by atoms with Gasteiger partial charge in [-0.2, -0.15) is 0 Å². The zero-order valence-corrected chi connectivity index (χ0v) is 14.7. The van der Waals surface area contributed by atoms with Crippen LogP contribution in [0.4, 0.5) is 20.3 Å². The number of rotatable bonds is 3. The first-order valence-electron chi connectivity index (χ1n) is 8.59. The van der Waals surface area contributed by atoms with Gasteiger partial charge in [0.2, 0.25) is 0 Å². The number of hydrogen-bond donors (Lipinski definition) is 2. The van der Waals surface area contributed by atoms with Crippen LogP contribution in [0.25, 0.3) is 5.65 Å². The van der Waals surface area contributed by atoms with Crippen molar-refractivity contribution >= 4 is 23.1 Å². The molecule has 0 spiro atoms. The highest BCUT2D eigenvalue weighted by molar-refractivity contribution is 6.04. The summed E-state index contributed by atoms with van der Waals surface area (Å²) in [6.07, 6.45) is 4.37. The lowest BCUT2D eigenvalue weighted by molar-refractivity contribution is 0.102. The molecule has 1 aliphatic rings. The van der Waals surface area contributed by atoms with Gasteiger partial charge in [-0.05, 0) is 6.92 Å². The van der Waals surface area contributed by atoms with Crippen LogP contribution in [0.15, 0.2) is 30.7 Å². The summed E-state index contributed by atoms with van der Waals surface area (Å²) in [4.78, 5) is 22.6. The number of carbonyl (C=O) groups excluding carboxylic acids is 1. The largest absolute Gasteiger partial charge is 0.354 e. The highest BCUT2D eigenvalue weighted by Gasteiger charge is 2.18. The van der Waals surface area contributed by atoms with Gasteiger partial charge in [0.1, 0.15) is 11.6 Å². The van der Waals surface area contributed by atoms with Gasteiger partial charge in [0.05, 0.1) is 16.9 Å². The third-order valence-corrected chi connectivity index (χ3v) is 4.41. The molecule has 1 amide bonds. The van der Waals surface area contributed by atoms with Crippen molar-refractivity contribution in [2.24, 2.45) is 0 Å². The van der Waals surface area contributed by atoms with Crippen molar-refractivity contribution in [3.05, 3.63) is 53.6 Å². The van der Waals surface area contributed by atoms with E-state index in [9.17, 15) is 13.6 Å².